The summed E-state index contributed by atoms with van der Waals surface area (Å²) in [4.78, 5) is 22.2. The third-order valence-corrected chi connectivity index (χ3v) is 5.07. The molecule has 4 rings (SSSR count). The molecule has 3 atom stereocenters. The highest BCUT2D eigenvalue weighted by Gasteiger charge is 2.40. The smallest absolute Gasteiger partial charge is 0.274 e. The molecule has 0 radical (unpaired) electrons. The quantitative estimate of drug-likeness (QED) is 0.529. The standard InChI is InChI=1S/C19H16N2O4/c22-19(23)11-8-9-16-15(10-11)12-5-3-6-13(12)18(20-16)14-4-1-2-7-17(14)21(24)25/h1-5,7-10,12-13,18,20H,6H2,(H,22,23)/p-1/t12-,13-,18-/m0/s1. The molecule has 2 aliphatic rings. The van der Waals surface area contributed by atoms with Crippen LogP contribution in [0, 0.1) is 16.0 Å². The Morgan fingerprint density at radius 2 is 1.96 bits per heavy atom. The van der Waals surface area contributed by atoms with Crippen molar-refractivity contribution in [3.05, 3.63) is 81.4 Å². The Hall–Kier alpha value is -3.15. The van der Waals surface area contributed by atoms with Crippen LogP contribution in [0.5, 0.6) is 0 Å². The van der Waals surface area contributed by atoms with Crippen LogP contribution >= 0.6 is 0 Å². The number of carbonyl (C=O) groups excluding carboxylic acids is 1. The first-order valence-electron chi connectivity index (χ1n) is 8.08. The van der Waals surface area contributed by atoms with Gasteiger partial charge in [0.25, 0.3) is 5.69 Å². The summed E-state index contributed by atoms with van der Waals surface area (Å²) in [5.41, 5.74) is 2.60. The lowest BCUT2D eigenvalue weighted by molar-refractivity contribution is -0.385. The number of nitro benzene ring substituents is 1. The van der Waals surface area contributed by atoms with Crippen LogP contribution in [0.3, 0.4) is 0 Å². The molecule has 1 heterocycles. The van der Waals surface area contributed by atoms with Crippen molar-refractivity contribution < 1.29 is 14.8 Å². The molecule has 0 amide bonds. The number of benzene rings is 2. The minimum atomic E-state index is -1.21. The van der Waals surface area contributed by atoms with E-state index in [0.717, 1.165) is 17.7 Å². The second-order valence-electron chi connectivity index (χ2n) is 6.38. The third kappa shape index (κ3) is 2.46. The van der Waals surface area contributed by atoms with Gasteiger partial charge in [-0.05, 0) is 35.6 Å². The summed E-state index contributed by atoms with van der Waals surface area (Å²) in [7, 11) is 0. The van der Waals surface area contributed by atoms with E-state index in [1.165, 1.54) is 12.1 Å². The van der Waals surface area contributed by atoms with Crippen molar-refractivity contribution >= 4 is 17.3 Å². The van der Waals surface area contributed by atoms with Gasteiger partial charge < -0.3 is 15.2 Å². The van der Waals surface area contributed by atoms with Crippen molar-refractivity contribution in [3.8, 4) is 0 Å². The van der Waals surface area contributed by atoms with Crippen LogP contribution in [0.15, 0.2) is 54.6 Å². The van der Waals surface area contributed by atoms with Gasteiger partial charge in [0.15, 0.2) is 0 Å². The van der Waals surface area contributed by atoms with Crippen molar-refractivity contribution in [2.45, 2.75) is 18.4 Å². The van der Waals surface area contributed by atoms with Crippen LogP contribution in [0.1, 0.15) is 39.9 Å². The number of anilines is 1. The van der Waals surface area contributed by atoms with E-state index in [4.69, 9.17) is 0 Å². The Morgan fingerprint density at radius 1 is 1.16 bits per heavy atom. The van der Waals surface area contributed by atoms with Crippen molar-refractivity contribution in [3.63, 3.8) is 0 Å². The van der Waals surface area contributed by atoms with Gasteiger partial charge >= 0.3 is 0 Å². The predicted molar refractivity (Wildman–Crippen MR) is 90.2 cm³/mol. The topological polar surface area (TPSA) is 95.3 Å². The molecule has 0 saturated carbocycles. The molecule has 25 heavy (non-hydrogen) atoms. The number of carbonyl (C=O) groups is 1. The first-order valence-corrected chi connectivity index (χ1v) is 8.08. The number of hydrogen-bond donors (Lipinski definition) is 1. The van der Waals surface area contributed by atoms with Crippen molar-refractivity contribution in [1.29, 1.82) is 0 Å². The Kier molecular flexibility index (Phi) is 3.53. The predicted octanol–water partition coefficient (Wildman–Crippen LogP) is 2.78. The lowest BCUT2D eigenvalue weighted by Crippen LogP contribution is -2.30. The van der Waals surface area contributed by atoms with E-state index < -0.39 is 5.97 Å². The van der Waals surface area contributed by atoms with Gasteiger partial charge in [-0.25, -0.2) is 0 Å². The molecule has 1 aliphatic heterocycles. The number of carboxylic acid groups (broad SMARTS) is 1. The van der Waals surface area contributed by atoms with Gasteiger partial charge in [0.2, 0.25) is 0 Å². The van der Waals surface area contributed by atoms with E-state index in [-0.39, 0.29) is 34.1 Å². The molecule has 0 unspecified atom stereocenters. The number of para-hydroxylation sites is 1. The summed E-state index contributed by atoms with van der Waals surface area (Å²) < 4.78 is 0. The molecular formula is C19H15N2O4-. The van der Waals surface area contributed by atoms with Crippen molar-refractivity contribution in [1.82, 2.24) is 0 Å². The summed E-state index contributed by atoms with van der Waals surface area (Å²) in [6.45, 7) is 0. The van der Waals surface area contributed by atoms with Gasteiger partial charge in [-0.1, -0.05) is 36.4 Å². The average Bonchev–Trinajstić information content (AvgIpc) is 3.10. The second kappa shape index (κ2) is 5.73. The number of carboxylic acids is 1. The third-order valence-electron chi connectivity index (χ3n) is 5.07. The maximum atomic E-state index is 11.4. The monoisotopic (exact) mass is 335 g/mol. The van der Waals surface area contributed by atoms with Crippen LogP contribution < -0.4 is 10.4 Å². The summed E-state index contributed by atoms with van der Waals surface area (Å²) in [5, 5.41) is 26.0. The number of nitrogens with one attached hydrogen (secondary N) is 1. The first kappa shape index (κ1) is 15.4. The summed E-state index contributed by atoms with van der Waals surface area (Å²) in [6, 6.07) is 11.4. The van der Waals surface area contributed by atoms with E-state index in [9.17, 15) is 20.0 Å². The van der Waals surface area contributed by atoms with Gasteiger partial charge in [-0.2, -0.15) is 0 Å². The summed E-state index contributed by atoms with van der Waals surface area (Å²) >= 11 is 0. The molecule has 6 heteroatoms. The number of fused-ring (bicyclic) bond motifs is 3. The molecule has 2 aromatic rings. The first-order chi connectivity index (χ1) is 12.1. The Bertz CT molecular complexity index is 906. The van der Waals surface area contributed by atoms with Crippen LogP contribution in [0.25, 0.3) is 0 Å². The second-order valence-corrected chi connectivity index (χ2v) is 6.38. The molecule has 0 fully saturated rings. The zero-order chi connectivity index (χ0) is 17.6. The lowest BCUT2D eigenvalue weighted by Gasteiger charge is -2.37. The number of allylic oxidation sites excluding steroid dienone is 2. The lowest BCUT2D eigenvalue weighted by atomic mass is 9.76. The Labute approximate surface area is 144 Å². The summed E-state index contributed by atoms with van der Waals surface area (Å²) in [5.74, 6) is -1.08. The van der Waals surface area contributed by atoms with Crippen LogP contribution in [-0.2, 0) is 0 Å². The number of rotatable bonds is 3. The highest BCUT2D eigenvalue weighted by atomic mass is 16.6. The molecular weight excluding hydrogens is 320 g/mol. The van der Waals surface area contributed by atoms with Gasteiger partial charge in [0.05, 0.1) is 22.5 Å². The maximum absolute atomic E-state index is 11.4. The fourth-order valence-electron chi connectivity index (χ4n) is 3.95. The molecule has 6 nitrogen and oxygen atoms in total. The van der Waals surface area contributed by atoms with Gasteiger partial charge in [-0.15, -0.1) is 0 Å². The zero-order valence-corrected chi connectivity index (χ0v) is 13.2. The van der Waals surface area contributed by atoms with E-state index in [1.807, 2.05) is 0 Å². The van der Waals surface area contributed by atoms with Crippen molar-refractivity contribution in [2.75, 3.05) is 5.32 Å². The van der Waals surface area contributed by atoms with E-state index in [0.29, 0.717) is 5.56 Å². The molecule has 0 bridgehead atoms. The van der Waals surface area contributed by atoms with Gasteiger partial charge in [-0.3, -0.25) is 10.1 Å². The van der Waals surface area contributed by atoms with Crippen LogP contribution in [0.2, 0.25) is 0 Å². The highest BCUT2D eigenvalue weighted by molar-refractivity contribution is 5.87. The number of hydrogen-bond acceptors (Lipinski definition) is 5. The SMILES string of the molecule is O=C([O-])c1ccc2c(c1)[C@H]1C=CC[C@@H]1[C@@H](c1ccccc1[N+](=O)[O-])N2. The Morgan fingerprint density at radius 3 is 2.72 bits per heavy atom. The molecule has 0 saturated heterocycles. The minimum Gasteiger partial charge on any atom is -0.545 e. The molecule has 0 aromatic heterocycles. The van der Waals surface area contributed by atoms with Crippen molar-refractivity contribution in [2.24, 2.45) is 5.92 Å². The number of nitro groups is 1. The number of nitrogens with zero attached hydrogens (tertiary/aromatic N) is 1. The Balaban J connectivity index is 1.81. The van der Waals surface area contributed by atoms with Crippen LogP contribution in [0.4, 0.5) is 11.4 Å². The normalized spacial score (nSPS) is 23.4. The minimum absolute atomic E-state index is 0.0281. The highest BCUT2D eigenvalue weighted by Crippen LogP contribution is 2.51. The molecule has 1 N–H and O–H groups in total. The summed E-state index contributed by atoms with van der Waals surface area (Å²) in [6.07, 6.45) is 4.90. The fraction of sp³-hybridized carbons (Fsp3) is 0.211. The molecule has 2 aromatic carbocycles. The average molecular weight is 335 g/mol. The fourth-order valence-corrected chi connectivity index (χ4v) is 3.95. The largest absolute Gasteiger partial charge is 0.545 e. The van der Waals surface area contributed by atoms with Crippen LogP contribution in [-0.4, -0.2) is 10.9 Å². The number of aromatic carboxylic acids is 1. The van der Waals surface area contributed by atoms with Gasteiger partial charge in [0, 0.05) is 17.7 Å². The van der Waals surface area contributed by atoms with E-state index >= 15 is 0 Å². The van der Waals surface area contributed by atoms with Gasteiger partial charge in [0.1, 0.15) is 0 Å². The maximum Gasteiger partial charge on any atom is 0.274 e. The van der Waals surface area contributed by atoms with E-state index in [2.05, 4.69) is 17.5 Å². The molecule has 0 spiro atoms. The van der Waals surface area contributed by atoms with E-state index in [1.54, 1.807) is 30.3 Å². The molecule has 1 aliphatic carbocycles. The molecule has 126 valence electrons. The zero-order valence-electron chi connectivity index (χ0n) is 13.2.